The van der Waals surface area contributed by atoms with Crippen LogP contribution in [-0.2, 0) is 18.1 Å². The predicted molar refractivity (Wildman–Crippen MR) is 59.7 cm³/mol. The summed E-state index contributed by atoms with van der Waals surface area (Å²) in [5.41, 5.74) is 1.56. The summed E-state index contributed by atoms with van der Waals surface area (Å²) < 4.78 is 75.1. The van der Waals surface area contributed by atoms with Gasteiger partial charge in [0, 0.05) is 5.75 Å². The third-order valence-corrected chi connectivity index (χ3v) is 2.88. The first-order valence-electron chi connectivity index (χ1n) is 4.76. The number of amidine groups is 1. The van der Waals surface area contributed by atoms with Crippen molar-refractivity contribution in [2.24, 2.45) is 5.73 Å². The number of halogens is 6. The molecule has 0 radical (unpaired) electrons. The zero-order valence-electron chi connectivity index (χ0n) is 9.19. The normalized spacial score (nSPS) is 12.5. The Morgan fingerprint density at radius 1 is 1.05 bits per heavy atom. The maximum Gasteiger partial charge on any atom is 0.417 e. The Morgan fingerprint density at radius 3 is 2.00 bits per heavy atom. The van der Waals surface area contributed by atoms with Gasteiger partial charge in [-0.1, -0.05) is 17.8 Å². The second kappa shape index (κ2) is 5.32. The summed E-state index contributed by atoms with van der Waals surface area (Å²) in [5, 5.41) is 6.57. The van der Waals surface area contributed by atoms with Crippen molar-refractivity contribution in [1.29, 1.82) is 5.41 Å². The molecule has 0 fully saturated rings. The standard InChI is InChI=1S/C10H8F6N2S/c11-9(12,13)6-2-1-5(4-19-8(17)18)3-7(6)10(14,15)16/h1-3H,4H2,(H3,17,18). The molecule has 0 amide bonds. The van der Waals surface area contributed by atoms with Crippen LogP contribution in [0.4, 0.5) is 26.3 Å². The molecule has 0 saturated carbocycles. The van der Waals surface area contributed by atoms with Gasteiger partial charge in [0.25, 0.3) is 0 Å². The topological polar surface area (TPSA) is 49.9 Å². The molecule has 0 spiro atoms. The molecule has 1 aromatic rings. The molecule has 2 nitrogen and oxygen atoms in total. The van der Waals surface area contributed by atoms with Gasteiger partial charge in [0.15, 0.2) is 5.17 Å². The summed E-state index contributed by atoms with van der Waals surface area (Å²) in [6, 6.07) is 1.76. The van der Waals surface area contributed by atoms with Crippen LogP contribution in [-0.4, -0.2) is 5.17 Å². The van der Waals surface area contributed by atoms with E-state index in [0.717, 1.165) is 17.8 Å². The highest BCUT2D eigenvalue weighted by Gasteiger charge is 2.42. The average Bonchev–Trinajstić information content (AvgIpc) is 2.23. The minimum atomic E-state index is -5.10. The monoisotopic (exact) mass is 302 g/mol. The SMILES string of the molecule is N=C(N)SCc1ccc(C(F)(F)F)c(C(F)(F)F)c1. The fraction of sp³-hybridized carbons (Fsp3) is 0.300. The first-order chi connectivity index (χ1) is 8.51. The molecule has 1 rings (SSSR count). The molecule has 0 heterocycles. The van der Waals surface area contributed by atoms with Crippen LogP contribution in [0.2, 0.25) is 0 Å². The summed E-state index contributed by atoms with van der Waals surface area (Å²) in [4.78, 5) is 0. The first kappa shape index (κ1) is 15.7. The maximum absolute atomic E-state index is 12.6. The van der Waals surface area contributed by atoms with Crippen molar-refractivity contribution in [3.05, 3.63) is 34.9 Å². The van der Waals surface area contributed by atoms with Gasteiger partial charge in [-0.15, -0.1) is 0 Å². The molecule has 3 N–H and O–H groups in total. The first-order valence-corrected chi connectivity index (χ1v) is 5.74. The van der Waals surface area contributed by atoms with E-state index in [9.17, 15) is 26.3 Å². The van der Waals surface area contributed by atoms with Gasteiger partial charge in [-0.2, -0.15) is 26.3 Å². The molecule has 0 unspecified atom stereocenters. The lowest BCUT2D eigenvalue weighted by molar-refractivity contribution is -0.162. The Balaban J connectivity index is 3.20. The Hall–Kier alpha value is -1.38. The van der Waals surface area contributed by atoms with Crippen molar-refractivity contribution >= 4 is 16.9 Å². The zero-order valence-corrected chi connectivity index (χ0v) is 10.0. The van der Waals surface area contributed by atoms with Crippen LogP contribution < -0.4 is 5.73 Å². The van der Waals surface area contributed by atoms with E-state index in [1.165, 1.54) is 0 Å². The summed E-state index contributed by atoms with van der Waals surface area (Å²) >= 11 is 0.730. The van der Waals surface area contributed by atoms with E-state index in [4.69, 9.17) is 11.1 Å². The van der Waals surface area contributed by atoms with Crippen LogP contribution >= 0.6 is 11.8 Å². The third-order valence-electron chi connectivity index (χ3n) is 2.09. The predicted octanol–water partition coefficient (Wildman–Crippen LogP) is 3.85. The summed E-state index contributed by atoms with van der Waals surface area (Å²) in [6.45, 7) is 0. The molecule has 106 valence electrons. The molecular formula is C10H8F6N2S. The second-order valence-corrected chi connectivity index (χ2v) is 4.55. The van der Waals surface area contributed by atoms with E-state index in [-0.39, 0.29) is 16.5 Å². The van der Waals surface area contributed by atoms with E-state index in [1.54, 1.807) is 0 Å². The summed E-state index contributed by atoms with van der Waals surface area (Å²) in [6.07, 6.45) is -10.2. The fourth-order valence-electron chi connectivity index (χ4n) is 1.32. The minimum absolute atomic E-state index is 0.0144. The van der Waals surface area contributed by atoms with Crippen LogP contribution in [0, 0.1) is 5.41 Å². The van der Waals surface area contributed by atoms with E-state index in [1.807, 2.05) is 0 Å². The number of hydrogen-bond acceptors (Lipinski definition) is 2. The zero-order chi connectivity index (χ0) is 14.8. The molecular weight excluding hydrogens is 294 g/mol. The van der Waals surface area contributed by atoms with Crippen molar-refractivity contribution in [2.45, 2.75) is 18.1 Å². The van der Waals surface area contributed by atoms with Gasteiger partial charge in [-0.25, -0.2) is 0 Å². The highest BCUT2D eigenvalue weighted by atomic mass is 32.2. The number of alkyl halides is 6. The van der Waals surface area contributed by atoms with E-state index < -0.39 is 23.5 Å². The second-order valence-electron chi connectivity index (χ2n) is 3.53. The average molecular weight is 302 g/mol. The van der Waals surface area contributed by atoms with E-state index >= 15 is 0 Å². The van der Waals surface area contributed by atoms with E-state index in [0.29, 0.717) is 12.1 Å². The number of benzene rings is 1. The van der Waals surface area contributed by atoms with Crippen molar-refractivity contribution in [3.8, 4) is 0 Å². The van der Waals surface area contributed by atoms with Gasteiger partial charge < -0.3 is 5.73 Å². The Kier molecular flexibility index (Phi) is 4.39. The number of nitrogens with two attached hydrogens (primary N) is 1. The Morgan fingerprint density at radius 2 is 1.58 bits per heavy atom. The quantitative estimate of drug-likeness (QED) is 0.495. The van der Waals surface area contributed by atoms with Gasteiger partial charge in [0.05, 0.1) is 11.1 Å². The van der Waals surface area contributed by atoms with Crippen molar-refractivity contribution in [2.75, 3.05) is 0 Å². The molecule has 9 heteroatoms. The highest BCUT2D eigenvalue weighted by molar-refractivity contribution is 8.13. The van der Waals surface area contributed by atoms with Crippen molar-refractivity contribution < 1.29 is 26.3 Å². The molecule has 0 saturated heterocycles. The van der Waals surface area contributed by atoms with Crippen LogP contribution in [0.1, 0.15) is 16.7 Å². The highest BCUT2D eigenvalue weighted by Crippen LogP contribution is 2.40. The molecule has 0 aliphatic rings. The molecule has 0 atom stereocenters. The van der Waals surface area contributed by atoms with Gasteiger partial charge in [0.2, 0.25) is 0 Å². The Labute approximate surface area is 108 Å². The molecule has 0 aliphatic heterocycles. The van der Waals surface area contributed by atoms with Gasteiger partial charge in [0.1, 0.15) is 0 Å². The molecule has 0 aromatic heterocycles. The fourth-order valence-corrected chi connectivity index (χ4v) is 1.83. The lowest BCUT2D eigenvalue weighted by Gasteiger charge is -2.16. The lowest BCUT2D eigenvalue weighted by atomic mass is 10.0. The van der Waals surface area contributed by atoms with E-state index in [2.05, 4.69) is 0 Å². The molecule has 19 heavy (non-hydrogen) atoms. The Bertz CT molecular complexity index is 480. The van der Waals surface area contributed by atoms with Crippen LogP contribution in [0.15, 0.2) is 18.2 Å². The van der Waals surface area contributed by atoms with Crippen molar-refractivity contribution in [3.63, 3.8) is 0 Å². The van der Waals surface area contributed by atoms with Gasteiger partial charge in [-0.05, 0) is 17.7 Å². The summed E-state index contributed by atoms with van der Waals surface area (Å²) in [7, 11) is 0. The van der Waals surface area contributed by atoms with Gasteiger partial charge >= 0.3 is 12.4 Å². The van der Waals surface area contributed by atoms with Crippen LogP contribution in [0.5, 0.6) is 0 Å². The maximum atomic E-state index is 12.6. The third kappa shape index (κ3) is 4.34. The summed E-state index contributed by atoms with van der Waals surface area (Å²) in [5.74, 6) is -0.101. The number of hydrogen-bond donors (Lipinski definition) is 2. The minimum Gasteiger partial charge on any atom is -0.379 e. The van der Waals surface area contributed by atoms with Gasteiger partial charge in [-0.3, -0.25) is 5.41 Å². The molecule has 0 aliphatic carbocycles. The smallest absolute Gasteiger partial charge is 0.379 e. The molecule has 0 bridgehead atoms. The molecule has 1 aromatic carbocycles. The lowest BCUT2D eigenvalue weighted by Crippen LogP contribution is -2.17. The van der Waals surface area contributed by atoms with Crippen LogP contribution in [0.25, 0.3) is 0 Å². The number of nitrogens with one attached hydrogen (secondary N) is 1. The largest absolute Gasteiger partial charge is 0.417 e. The number of rotatable bonds is 2. The van der Waals surface area contributed by atoms with Crippen molar-refractivity contribution in [1.82, 2.24) is 0 Å². The number of thioether (sulfide) groups is 1. The van der Waals surface area contributed by atoms with Crippen LogP contribution in [0.3, 0.4) is 0 Å².